The lowest BCUT2D eigenvalue weighted by atomic mass is 10.1. The van der Waals surface area contributed by atoms with Crippen LogP contribution in [-0.2, 0) is 30.1 Å². The Hall–Kier alpha value is -2.61. The van der Waals surface area contributed by atoms with Gasteiger partial charge in [-0.05, 0) is 35.2 Å². The van der Waals surface area contributed by atoms with Crippen molar-refractivity contribution in [3.63, 3.8) is 0 Å². The maximum absolute atomic E-state index is 13.8. The van der Waals surface area contributed by atoms with Crippen molar-refractivity contribution in [2.75, 3.05) is 6.54 Å². The highest BCUT2D eigenvalue weighted by molar-refractivity contribution is 7.98. The summed E-state index contributed by atoms with van der Waals surface area (Å²) in [6.07, 6.45) is 0.689. The molecule has 5 rings (SSSR count). The fraction of sp³-hybridized carbons (Fsp3) is 0.240. The predicted molar refractivity (Wildman–Crippen MR) is 135 cm³/mol. The minimum atomic E-state index is -0.00349. The van der Waals surface area contributed by atoms with Gasteiger partial charge in [0.05, 0.1) is 18.5 Å². The Kier molecular flexibility index (Phi) is 6.27. The molecule has 5 nitrogen and oxygen atoms in total. The molecule has 0 radical (unpaired) electrons. The van der Waals surface area contributed by atoms with Gasteiger partial charge in [0.2, 0.25) is 5.91 Å². The Bertz CT molecular complexity index is 1380. The third-order valence-corrected chi connectivity index (χ3v) is 8.25. The Morgan fingerprint density at radius 1 is 1.12 bits per heavy atom. The molecule has 168 valence electrons. The lowest BCUT2D eigenvalue weighted by Crippen LogP contribution is -2.34. The van der Waals surface area contributed by atoms with Crippen molar-refractivity contribution in [2.24, 2.45) is 0 Å². The van der Waals surface area contributed by atoms with Gasteiger partial charge >= 0.3 is 0 Å². The maximum Gasteiger partial charge on any atom is 0.263 e. The van der Waals surface area contributed by atoms with Crippen molar-refractivity contribution in [3.05, 3.63) is 91.5 Å². The van der Waals surface area contributed by atoms with Crippen LogP contribution in [0.15, 0.2) is 64.5 Å². The normalized spacial score (nSPS) is 13.3. The number of thiophene rings is 1. The van der Waals surface area contributed by atoms with Crippen LogP contribution >= 0.6 is 34.7 Å². The molecule has 0 bridgehead atoms. The number of hydrogen-bond donors (Lipinski definition) is 0. The molecule has 1 aliphatic heterocycles. The highest BCUT2D eigenvalue weighted by Gasteiger charge is 2.26. The van der Waals surface area contributed by atoms with Crippen LogP contribution in [0.4, 0.5) is 0 Å². The molecule has 0 saturated carbocycles. The van der Waals surface area contributed by atoms with Gasteiger partial charge in [-0.25, -0.2) is 4.98 Å². The van der Waals surface area contributed by atoms with Crippen LogP contribution in [0, 0.1) is 0 Å². The molecule has 0 unspecified atom stereocenters. The standard InChI is InChI=1S/C25H22ClN3O2S2/c1-16(30)28-12-11-20-21(14-28)33-23-22(20)24(31)29(13-17-5-3-2-4-6-17)25(27-23)32-15-18-7-9-19(26)10-8-18/h2-10H,11-15H2,1H3. The second-order valence-corrected chi connectivity index (χ2v) is 10.5. The first kappa shape index (κ1) is 22.2. The van der Waals surface area contributed by atoms with E-state index in [0.29, 0.717) is 47.4 Å². The predicted octanol–water partition coefficient (Wildman–Crippen LogP) is 5.36. The second kappa shape index (κ2) is 9.33. The van der Waals surface area contributed by atoms with E-state index in [1.807, 2.05) is 59.5 Å². The van der Waals surface area contributed by atoms with E-state index in [2.05, 4.69) is 0 Å². The van der Waals surface area contributed by atoms with E-state index < -0.39 is 0 Å². The number of benzene rings is 2. The molecular weight excluding hydrogens is 474 g/mol. The van der Waals surface area contributed by atoms with E-state index in [1.54, 1.807) is 23.3 Å². The molecule has 0 N–H and O–H groups in total. The highest BCUT2D eigenvalue weighted by Crippen LogP contribution is 2.34. The van der Waals surface area contributed by atoms with Crippen LogP contribution in [-0.4, -0.2) is 26.9 Å². The van der Waals surface area contributed by atoms with Crippen LogP contribution in [0.1, 0.15) is 28.5 Å². The molecular formula is C25H22ClN3O2S2. The van der Waals surface area contributed by atoms with Crippen molar-refractivity contribution in [1.29, 1.82) is 0 Å². The van der Waals surface area contributed by atoms with Gasteiger partial charge in [-0.1, -0.05) is 65.8 Å². The highest BCUT2D eigenvalue weighted by atomic mass is 35.5. The molecule has 3 heterocycles. The summed E-state index contributed by atoms with van der Waals surface area (Å²) in [7, 11) is 0. The molecule has 0 aliphatic carbocycles. The van der Waals surface area contributed by atoms with E-state index in [-0.39, 0.29) is 11.5 Å². The molecule has 2 aromatic heterocycles. The minimum absolute atomic E-state index is 0.00349. The van der Waals surface area contributed by atoms with Gasteiger partial charge in [0.15, 0.2) is 5.16 Å². The number of fused-ring (bicyclic) bond motifs is 3. The molecule has 33 heavy (non-hydrogen) atoms. The number of thioether (sulfide) groups is 1. The van der Waals surface area contributed by atoms with Gasteiger partial charge < -0.3 is 4.90 Å². The van der Waals surface area contributed by atoms with Crippen LogP contribution in [0.25, 0.3) is 10.2 Å². The summed E-state index contributed by atoms with van der Waals surface area (Å²) in [6, 6.07) is 17.7. The number of hydrogen-bond acceptors (Lipinski definition) is 5. The molecule has 4 aromatic rings. The average molecular weight is 496 g/mol. The number of carbonyl (C=O) groups is 1. The first-order valence-corrected chi connectivity index (χ1v) is 12.9. The largest absolute Gasteiger partial charge is 0.337 e. The van der Waals surface area contributed by atoms with E-state index in [0.717, 1.165) is 26.4 Å². The minimum Gasteiger partial charge on any atom is -0.337 e. The summed E-state index contributed by atoms with van der Waals surface area (Å²) in [5.74, 6) is 0.749. The third kappa shape index (κ3) is 4.58. The smallest absolute Gasteiger partial charge is 0.263 e. The Balaban J connectivity index is 1.57. The van der Waals surface area contributed by atoms with Gasteiger partial charge in [0, 0.05) is 29.1 Å². The summed E-state index contributed by atoms with van der Waals surface area (Å²) in [5.41, 5.74) is 3.23. The van der Waals surface area contributed by atoms with Crippen LogP contribution in [0.3, 0.4) is 0 Å². The van der Waals surface area contributed by atoms with Gasteiger partial charge in [0.1, 0.15) is 4.83 Å². The Morgan fingerprint density at radius 2 is 1.88 bits per heavy atom. The fourth-order valence-electron chi connectivity index (χ4n) is 4.07. The fourth-order valence-corrected chi connectivity index (χ4v) is 6.43. The lowest BCUT2D eigenvalue weighted by Gasteiger charge is -2.25. The third-order valence-electron chi connectivity index (χ3n) is 5.84. The summed E-state index contributed by atoms with van der Waals surface area (Å²) < 4.78 is 1.79. The quantitative estimate of drug-likeness (QED) is 0.276. The van der Waals surface area contributed by atoms with Gasteiger partial charge in [-0.2, -0.15) is 0 Å². The number of nitrogens with zero attached hydrogens (tertiary/aromatic N) is 3. The van der Waals surface area contributed by atoms with Gasteiger partial charge in [0.25, 0.3) is 5.56 Å². The van der Waals surface area contributed by atoms with E-state index in [4.69, 9.17) is 16.6 Å². The zero-order chi connectivity index (χ0) is 22.9. The first-order valence-electron chi connectivity index (χ1n) is 10.7. The number of amides is 1. The molecule has 1 aliphatic rings. The molecule has 0 spiro atoms. The number of carbonyl (C=O) groups excluding carboxylic acids is 1. The SMILES string of the molecule is CC(=O)N1CCc2c(sc3nc(SCc4ccc(Cl)cc4)n(Cc4ccccc4)c(=O)c23)C1. The summed E-state index contributed by atoms with van der Waals surface area (Å²) >= 11 is 9.12. The Labute approximate surface area is 205 Å². The van der Waals surface area contributed by atoms with Crippen molar-refractivity contribution in [3.8, 4) is 0 Å². The first-order chi connectivity index (χ1) is 16.0. The van der Waals surface area contributed by atoms with Crippen LogP contribution in [0.2, 0.25) is 5.02 Å². The van der Waals surface area contributed by atoms with E-state index in [9.17, 15) is 9.59 Å². The van der Waals surface area contributed by atoms with Gasteiger partial charge in [-0.15, -0.1) is 11.3 Å². The molecule has 0 atom stereocenters. The molecule has 2 aromatic carbocycles. The summed E-state index contributed by atoms with van der Waals surface area (Å²) in [4.78, 5) is 34.3. The topological polar surface area (TPSA) is 55.2 Å². The van der Waals surface area contributed by atoms with Crippen LogP contribution < -0.4 is 5.56 Å². The van der Waals surface area contributed by atoms with Crippen LogP contribution in [0.5, 0.6) is 0 Å². The van der Waals surface area contributed by atoms with Crippen molar-refractivity contribution in [2.45, 2.75) is 37.3 Å². The molecule has 0 fully saturated rings. The summed E-state index contributed by atoms with van der Waals surface area (Å²) in [6.45, 7) is 3.25. The zero-order valence-electron chi connectivity index (χ0n) is 18.1. The molecule has 8 heteroatoms. The number of aromatic nitrogens is 2. The summed E-state index contributed by atoms with van der Waals surface area (Å²) in [5, 5.41) is 2.12. The van der Waals surface area contributed by atoms with Crippen molar-refractivity contribution in [1.82, 2.24) is 14.5 Å². The van der Waals surface area contributed by atoms with E-state index >= 15 is 0 Å². The van der Waals surface area contributed by atoms with Gasteiger partial charge in [-0.3, -0.25) is 14.2 Å². The molecule has 0 saturated heterocycles. The number of halogens is 1. The Morgan fingerprint density at radius 3 is 2.61 bits per heavy atom. The molecule has 1 amide bonds. The maximum atomic E-state index is 13.8. The van der Waals surface area contributed by atoms with E-state index in [1.165, 1.54) is 11.3 Å². The van der Waals surface area contributed by atoms with Crippen molar-refractivity contribution >= 4 is 50.8 Å². The number of rotatable bonds is 5. The van der Waals surface area contributed by atoms with Crippen molar-refractivity contribution < 1.29 is 4.79 Å². The second-order valence-electron chi connectivity index (χ2n) is 8.06. The average Bonchev–Trinajstić information content (AvgIpc) is 3.19. The lowest BCUT2D eigenvalue weighted by molar-refractivity contribution is -0.129. The zero-order valence-corrected chi connectivity index (χ0v) is 20.5. The monoisotopic (exact) mass is 495 g/mol.